The summed E-state index contributed by atoms with van der Waals surface area (Å²) in [6, 6.07) is 2.83. The molecule has 0 fully saturated rings. The average Bonchev–Trinajstić information content (AvgIpc) is 2.20. The van der Waals surface area contributed by atoms with Crippen molar-refractivity contribution in [1.82, 2.24) is 0 Å². The Kier molecular flexibility index (Phi) is 4.23. The largest absolute Gasteiger partial charge is 0.488 e. The molecule has 3 N–H and O–H groups in total. The van der Waals surface area contributed by atoms with E-state index in [-0.39, 0.29) is 28.4 Å². The lowest BCUT2D eigenvalue weighted by atomic mass is 10.1. The van der Waals surface area contributed by atoms with E-state index in [1.54, 1.807) is 0 Å². The van der Waals surface area contributed by atoms with Gasteiger partial charge in [0.05, 0.1) is 11.1 Å². The molecule has 4 nitrogen and oxygen atoms in total. The molecule has 17 heavy (non-hydrogen) atoms. The molecule has 0 aromatic heterocycles. The van der Waals surface area contributed by atoms with Crippen LogP contribution in [-0.4, -0.2) is 17.2 Å². The monoisotopic (exact) mass is 257 g/mol. The second kappa shape index (κ2) is 5.27. The fourth-order valence-electron chi connectivity index (χ4n) is 1.22. The summed E-state index contributed by atoms with van der Waals surface area (Å²) in [5, 5.41) is 9.29. The van der Waals surface area contributed by atoms with Crippen LogP contribution in [0.4, 0.5) is 5.69 Å². The first kappa shape index (κ1) is 13.6. The van der Waals surface area contributed by atoms with Gasteiger partial charge in [0.15, 0.2) is 5.75 Å². The standard InChI is InChI=1S/C12H16ClNO3/c1-6(2)7(3)17-11-9(12(15)16)4-8(14)5-10(11)13/h4-7H,14H2,1-3H3,(H,15,16). The Hall–Kier alpha value is -1.42. The van der Waals surface area contributed by atoms with Crippen LogP contribution < -0.4 is 10.5 Å². The number of ether oxygens (including phenoxy) is 1. The number of nitrogens with two attached hydrogens (primary N) is 1. The number of carboxylic acids is 1. The quantitative estimate of drug-likeness (QED) is 0.813. The Morgan fingerprint density at radius 1 is 1.41 bits per heavy atom. The lowest BCUT2D eigenvalue weighted by Crippen LogP contribution is -2.20. The van der Waals surface area contributed by atoms with E-state index in [1.165, 1.54) is 12.1 Å². The van der Waals surface area contributed by atoms with E-state index in [9.17, 15) is 4.79 Å². The number of rotatable bonds is 4. The molecule has 0 aliphatic rings. The van der Waals surface area contributed by atoms with Crippen LogP contribution in [0, 0.1) is 5.92 Å². The predicted molar refractivity (Wildman–Crippen MR) is 67.8 cm³/mol. The van der Waals surface area contributed by atoms with Crippen LogP contribution in [0.5, 0.6) is 5.75 Å². The third-order valence-electron chi connectivity index (χ3n) is 2.54. The molecule has 5 heteroatoms. The van der Waals surface area contributed by atoms with Gasteiger partial charge >= 0.3 is 5.97 Å². The van der Waals surface area contributed by atoms with Gasteiger partial charge in [-0.3, -0.25) is 0 Å². The van der Waals surface area contributed by atoms with Crippen molar-refractivity contribution in [3.8, 4) is 5.75 Å². The van der Waals surface area contributed by atoms with Gasteiger partial charge in [0.2, 0.25) is 0 Å². The van der Waals surface area contributed by atoms with Crippen LogP contribution >= 0.6 is 11.6 Å². The summed E-state index contributed by atoms with van der Waals surface area (Å²) in [5.74, 6) is -0.676. The molecular weight excluding hydrogens is 242 g/mol. The van der Waals surface area contributed by atoms with Crippen LogP contribution in [0.1, 0.15) is 31.1 Å². The van der Waals surface area contributed by atoms with E-state index in [2.05, 4.69) is 0 Å². The van der Waals surface area contributed by atoms with Gasteiger partial charge in [-0.1, -0.05) is 25.4 Å². The van der Waals surface area contributed by atoms with Crippen LogP contribution in [-0.2, 0) is 0 Å². The summed E-state index contributed by atoms with van der Waals surface area (Å²) in [5.41, 5.74) is 5.84. The normalized spacial score (nSPS) is 12.5. The second-order valence-electron chi connectivity index (χ2n) is 4.25. The molecule has 94 valence electrons. The van der Waals surface area contributed by atoms with Crippen molar-refractivity contribution < 1.29 is 14.6 Å². The molecule has 0 amide bonds. The van der Waals surface area contributed by atoms with Gasteiger partial charge < -0.3 is 15.6 Å². The van der Waals surface area contributed by atoms with E-state index in [0.29, 0.717) is 5.69 Å². The van der Waals surface area contributed by atoms with E-state index in [1.807, 2.05) is 20.8 Å². The molecule has 0 spiro atoms. The maximum Gasteiger partial charge on any atom is 0.339 e. The van der Waals surface area contributed by atoms with Gasteiger partial charge in [-0.2, -0.15) is 0 Å². The Morgan fingerprint density at radius 2 is 2.00 bits per heavy atom. The zero-order valence-corrected chi connectivity index (χ0v) is 10.8. The third-order valence-corrected chi connectivity index (χ3v) is 2.82. The predicted octanol–water partition coefficient (Wildman–Crippen LogP) is 3.04. The molecule has 1 aromatic rings. The molecule has 1 rings (SSSR count). The van der Waals surface area contributed by atoms with Crippen molar-refractivity contribution >= 4 is 23.3 Å². The van der Waals surface area contributed by atoms with Crippen LogP contribution in [0.25, 0.3) is 0 Å². The van der Waals surface area contributed by atoms with E-state index < -0.39 is 5.97 Å². The minimum absolute atomic E-state index is 0.0116. The highest BCUT2D eigenvalue weighted by Gasteiger charge is 2.19. The van der Waals surface area contributed by atoms with Crippen molar-refractivity contribution in [2.24, 2.45) is 5.92 Å². The van der Waals surface area contributed by atoms with E-state index in [0.717, 1.165) is 0 Å². The van der Waals surface area contributed by atoms with E-state index in [4.69, 9.17) is 27.2 Å². The van der Waals surface area contributed by atoms with Crippen molar-refractivity contribution in [1.29, 1.82) is 0 Å². The SMILES string of the molecule is CC(C)C(C)Oc1c(Cl)cc(N)cc1C(=O)O. The molecule has 1 atom stereocenters. The number of aromatic carboxylic acids is 1. The number of benzene rings is 1. The smallest absolute Gasteiger partial charge is 0.339 e. The number of hydrogen-bond donors (Lipinski definition) is 2. The second-order valence-corrected chi connectivity index (χ2v) is 4.66. The van der Waals surface area contributed by atoms with Gasteiger partial charge in [0.25, 0.3) is 0 Å². The Morgan fingerprint density at radius 3 is 2.47 bits per heavy atom. The van der Waals surface area contributed by atoms with Crippen LogP contribution in [0.2, 0.25) is 5.02 Å². The molecular formula is C12H16ClNO3. The first-order valence-corrected chi connectivity index (χ1v) is 5.69. The highest BCUT2D eigenvalue weighted by Crippen LogP contribution is 2.33. The van der Waals surface area contributed by atoms with E-state index >= 15 is 0 Å². The summed E-state index contributed by atoms with van der Waals surface area (Å²) in [6.45, 7) is 5.83. The maximum absolute atomic E-state index is 11.1. The number of hydrogen-bond acceptors (Lipinski definition) is 3. The minimum atomic E-state index is -1.11. The highest BCUT2D eigenvalue weighted by molar-refractivity contribution is 6.33. The van der Waals surface area contributed by atoms with Gasteiger partial charge in [0.1, 0.15) is 5.56 Å². The number of nitrogen functional groups attached to an aromatic ring is 1. The molecule has 1 unspecified atom stereocenters. The fraction of sp³-hybridized carbons (Fsp3) is 0.417. The van der Waals surface area contributed by atoms with Gasteiger partial charge in [0, 0.05) is 5.69 Å². The summed E-state index contributed by atoms with van der Waals surface area (Å²) in [6.07, 6.45) is -0.130. The first-order valence-electron chi connectivity index (χ1n) is 5.32. The molecule has 0 saturated carbocycles. The van der Waals surface area contributed by atoms with Crippen LogP contribution in [0.15, 0.2) is 12.1 Å². The number of anilines is 1. The summed E-state index contributed by atoms with van der Waals surface area (Å²) in [7, 11) is 0. The van der Waals surface area contributed by atoms with Gasteiger partial charge in [-0.25, -0.2) is 4.79 Å². The lowest BCUT2D eigenvalue weighted by Gasteiger charge is -2.20. The minimum Gasteiger partial charge on any atom is -0.488 e. The summed E-state index contributed by atoms with van der Waals surface area (Å²) < 4.78 is 5.59. The maximum atomic E-state index is 11.1. The first-order chi connectivity index (χ1) is 7.82. The van der Waals surface area contributed by atoms with Crippen molar-refractivity contribution in [2.75, 3.05) is 5.73 Å². The topological polar surface area (TPSA) is 72.5 Å². The number of carboxylic acid groups (broad SMARTS) is 1. The fourth-order valence-corrected chi connectivity index (χ4v) is 1.49. The molecule has 0 radical (unpaired) electrons. The molecule has 1 aromatic carbocycles. The Labute approximate surface area is 105 Å². The molecule has 0 aliphatic carbocycles. The highest BCUT2D eigenvalue weighted by atomic mass is 35.5. The summed E-state index contributed by atoms with van der Waals surface area (Å²) in [4.78, 5) is 11.1. The Balaban J connectivity index is 3.17. The number of halogens is 1. The number of carbonyl (C=O) groups is 1. The van der Waals surface area contributed by atoms with Gasteiger partial charge in [-0.05, 0) is 25.0 Å². The van der Waals surface area contributed by atoms with Crippen molar-refractivity contribution in [3.63, 3.8) is 0 Å². The van der Waals surface area contributed by atoms with Crippen molar-refractivity contribution in [2.45, 2.75) is 26.9 Å². The van der Waals surface area contributed by atoms with Crippen molar-refractivity contribution in [3.05, 3.63) is 22.7 Å². The average molecular weight is 258 g/mol. The molecule has 0 saturated heterocycles. The lowest BCUT2D eigenvalue weighted by molar-refractivity contribution is 0.0687. The van der Waals surface area contributed by atoms with Crippen LogP contribution in [0.3, 0.4) is 0 Å². The Bertz CT molecular complexity index is 432. The zero-order valence-electron chi connectivity index (χ0n) is 10.0. The third kappa shape index (κ3) is 3.27. The summed E-state index contributed by atoms with van der Waals surface area (Å²) >= 11 is 5.96. The molecule has 0 bridgehead atoms. The zero-order chi connectivity index (χ0) is 13.2. The molecule has 0 heterocycles. The van der Waals surface area contributed by atoms with Gasteiger partial charge in [-0.15, -0.1) is 0 Å². The molecule has 0 aliphatic heterocycles.